The number of methoxy groups -OCH3 is 1. The van der Waals surface area contributed by atoms with E-state index in [0.717, 1.165) is 39.9 Å². The Morgan fingerprint density at radius 2 is 1.81 bits per heavy atom. The Labute approximate surface area is 210 Å². The van der Waals surface area contributed by atoms with Gasteiger partial charge in [0.1, 0.15) is 5.75 Å². The van der Waals surface area contributed by atoms with Crippen molar-refractivity contribution in [2.24, 2.45) is 0 Å². The van der Waals surface area contributed by atoms with Gasteiger partial charge in [-0.05, 0) is 74.4 Å². The summed E-state index contributed by atoms with van der Waals surface area (Å²) >= 11 is 0. The van der Waals surface area contributed by atoms with E-state index in [4.69, 9.17) is 4.74 Å². The van der Waals surface area contributed by atoms with Gasteiger partial charge in [0, 0.05) is 45.6 Å². The first-order valence-electron chi connectivity index (χ1n) is 11.8. The van der Waals surface area contributed by atoms with E-state index in [1.165, 1.54) is 0 Å². The molecule has 5 rings (SSSR count). The molecule has 0 fully saturated rings. The van der Waals surface area contributed by atoms with E-state index in [0.29, 0.717) is 16.8 Å². The molecule has 1 aromatic heterocycles. The van der Waals surface area contributed by atoms with Crippen LogP contribution in [0, 0.1) is 0 Å². The number of nitrogens with one attached hydrogen (secondary N) is 2. The standard InChI is InChI=1S/C30H27N3O3/c1-30(2)18-21-12-13-22(36-3)16-24(21)27(33-30)17-28(34)19-7-4-8-20(15-19)29(35)32-26-11-5-10-25-23(26)9-6-14-31-25/h4-17,33H,18H2,1-3H3,(H,32,35). The fourth-order valence-corrected chi connectivity index (χ4v) is 4.59. The first-order valence-corrected chi connectivity index (χ1v) is 11.8. The van der Waals surface area contributed by atoms with Crippen molar-refractivity contribution in [3.05, 3.63) is 107 Å². The van der Waals surface area contributed by atoms with E-state index in [9.17, 15) is 9.59 Å². The monoisotopic (exact) mass is 477 g/mol. The molecule has 0 saturated heterocycles. The summed E-state index contributed by atoms with van der Waals surface area (Å²) in [7, 11) is 1.63. The summed E-state index contributed by atoms with van der Waals surface area (Å²) in [6.45, 7) is 4.21. The minimum atomic E-state index is -0.291. The number of ether oxygens (including phenoxy) is 1. The fraction of sp³-hybridized carbons (Fsp3) is 0.167. The van der Waals surface area contributed by atoms with Crippen LogP contribution in [-0.2, 0) is 6.42 Å². The second-order valence-corrected chi connectivity index (χ2v) is 9.54. The Morgan fingerprint density at radius 1 is 1.00 bits per heavy atom. The van der Waals surface area contributed by atoms with Crippen molar-refractivity contribution in [2.75, 3.05) is 12.4 Å². The average Bonchev–Trinajstić information content (AvgIpc) is 2.88. The van der Waals surface area contributed by atoms with Gasteiger partial charge in [-0.1, -0.05) is 24.3 Å². The molecule has 1 amide bonds. The maximum atomic E-state index is 13.3. The number of amides is 1. The third kappa shape index (κ3) is 4.70. The second-order valence-electron chi connectivity index (χ2n) is 9.54. The van der Waals surface area contributed by atoms with Crippen molar-refractivity contribution in [1.29, 1.82) is 0 Å². The lowest BCUT2D eigenvalue weighted by Crippen LogP contribution is -2.43. The number of aromatic nitrogens is 1. The number of fused-ring (bicyclic) bond motifs is 2. The molecule has 0 radical (unpaired) electrons. The number of pyridine rings is 1. The van der Waals surface area contributed by atoms with E-state index >= 15 is 0 Å². The van der Waals surface area contributed by atoms with Gasteiger partial charge in [-0.2, -0.15) is 0 Å². The van der Waals surface area contributed by atoms with Crippen LogP contribution in [0.25, 0.3) is 16.6 Å². The van der Waals surface area contributed by atoms with Gasteiger partial charge in [0.25, 0.3) is 5.91 Å². The van der Waals surface area contributed by atoms with Crippen LogP contribution >= 0.6 is 0 Å². The largest absolute Gasteiger partial charge is 0.497 e. The van der Waals surface area contributed by atoms with Gasteiger partial charge in [-0.3, -0.25) is 14.6 Å². The summed E-state index contributed by atoms with van der Waals surface area (Å²) in [5.41, 5.74) is 4.93. The number of anilines is 1. The predicted molar refractivity (Wildman–Crippen MR) is 142 cm³/mol. The van der Waals surface area contributed by atoms with Crippen molar-refractivity contribution in [2.45, 2.75) is 25.8 Å². The zero-order valence-electron chi connectivity index (χ0n) is 20.5. The van der Waals surface area contributed by atoms with Gasteiger partial charge in [0.05, 0.1) is 18.3 Å². The molecule has 4 aromatic rings. The lowest BCUT2D eigenvalue weighted by Gasteiger charge is -2.35. The van der Waals surface area contributed by atoms with E-state index in [-0.39, 0.29) is 17.2 Å². The number of ketones is 1. The highest BCUT2D eigenvalue weighted by Crippen LogP contribution is 2.32. The number of benzene rings is 3. The van der Waals surface area contributed by atoms with Gasteiger partial charge in [-0.15, -0.1) is 0 Å². The van der Waals surface area contributed by atoms with Crippen LogP contribution < -0.4 is 15.4 Å². The molecule has 0 spiro atoms. The van der Waals surface area contributed by atoms with Gasteiger partial charge >= 0.3 is 0 Å². The molecule has 0 aliphatic carbocycles. The van der Waals surface area contributed by atoms with Gasteiger partial charge in [0.15, 0.2) is 5.78 Å². The van der Waals surface area contributed by atoms with Crippen molar-refractivity contribution in [1.82, 2.24) is 10.3 Å². The molecule has 2 N–H and O–H groups in total. The lowest BCUT2D eigenvalue weighted by molar-refractivity contribution is 0.102. The molecule has 6 nitrogen and oxygen atoms in total. The number of hydrogen-bond donors (Lipinski definition) is 2. The average molecular weight is 478 g/mol. The smallest absolute Gasteiger partial charge is 0.255 e. The minimum Gasteiger partial charge on any atom is -0.497 e. The van der Waals surface area contributed by atoms with E-state index in [1.807, 2.05) is 48.5 Å². The summed E-state index contributed by atoms with van der Waals surface area (Å²) in [5, 5.41) is 7.29. The minimum absolute atomic E-state index is 0.187. The number of allylic oxidation sites excluding steroid dienone is 1. The van der Waals surface area contributed by atoms with Crippen LogP contribution in [0.15, 0.2) is 85.1 Å². The van der Waals surface area contributed by atoms with E-state index in [1.54, 1.807) is 43.6 Å². The maximum Gasteiger partial charge on any atom is 0.255 e. The van der Waals surface area contributed by atoms with Crippen molar-refractivity contribution in [3.8, 4) is 5.75 Å². The second kappa shape index (κ2) is 9.30. The molecular formula is C30H27N3O3. The van der Waals surface area contributed by atoms with Crippen molar-refractivity contribution >= 4 is 34.0 Å². The summed E-state index contributed by atoms with van der Waals surface area (Å²) in [5.74, 6) is 0.254. The molecule has 36 heavy (non-hydrogen) atoms. The first-order chi connectivity index (χ1) is 17.3. The summed E-state index contributed by atoms with van der Waals surface area (Å²) < 4.78 is 5.40. The third-order valence-electron chi connectivity index (χ3n) is 6.29. The first kappa shape index (κ1) is 23.3. The molecule has 0 bridgehead atoms. The number of hydrogen-bond acceptors (Lipinski definition) is 5. The summed E-state index contributed by atoms with van der Waals surface area (Å²) in [4.78, 5) is 30.7. The quantitative estimate of drug-likeness (QED) is 0.287. The molecule has 1 aliphatic heterocycles. The Balaban J connectivity index is 1.43. The molecule has 180 valence electrons. The highest BCUT2D eigenvalue weighted by atomic mass is 16.5. The molecule has 0 unspecified atom stereocenters. The van der Waals surface area contributed by atoms with Gasteiger partial charge in [0.2, 0.25) is 0 Å². The van der Waals surface area contributed by atoms with E-state index in [2.05, 4.69) is 29.5 Å². The number of nitrogens with zero attached hydrogens (tertiary/aromatic N) is 1. The highest BCUT2D eigenvalue weighted by Gasteiger charge is 2.28. The van der Waals surface area contributed by atoms with Crippen LogP contribution in [0.2, 0.25) is 0 Å². The van der Waals surface area contributed by atoms with Crippen molar-refractivity contribution in [3.63, 3.8) is 0 Å². The molecular weight excluding hydrogens is 450 g/mol. The zero-order valence-corrected chi connectivity index (χ0v) is 20.5. The van der Waals surface area contributed by atoms with Crippen LogP contribution in [-0.4, -0.2) is 29.3 Å². The van der Waals surface area contributed by atoms with Gasteiger partial charge < -0.3 is 15.4 Å². The lowest BCUT2D eigenvalue weighted by atomic mass is 9.85. The maximum absolute atomic E-state index is 13.3. The molecule has 2 heterocycles. The van der Waals surface area contributed by atoms with Crippen LogP contribution in [0.4, 0.5) is 5.69 Å². The molecule has 0 saturated carbocycles. The number of rotatable bonds is 5. The van der Waals surface area contributed by atoms with Crippen LogP contribution in [0.5, 0.6) is 5.75 Å². The Bertz CT molecular complexity index is 1520. The zero-order chi connectivity index (χ0) is 25.3. The Hall–Kier alpha value is -4.45. The van der Waals surface area contributed by atoms with E-state index < -0.39 is 0 Å². The summed E-state index contributed by atoms with van der Waals surface area (Å²) in [6, 6.07) is 22.0. The Kier molecular flexibility index (Phi) is 6.02. The SMILES string of the molecule is COc1ccc2c(c1)C(=CC(=O)c1cccc(C(=O)Nc3cccc4ncccc34)c1)NC(C)(C)C2. The van der Waals surface area contributed by atoms with Crippen LogP contribution in [0.3, 0.4) is 0 Å². The normalized spacial score (nSPS) is 15.1. The molecule has 0 atom stereocenters. The van der Waals surface area contributed by atoms with Crippen LogP contribution in [0.1, 0.15) is 45.7 Å². The Morgan fingerprint density at radius 3 is 2.64 bits per heavy atom. The number of carbonyl (C=O) groups excluding carboxylic acids is 2. The topological polar surface area (TPSA) is 80.3 Å². The van der Waals surface area contributed by atoms with Crippen molar-refractivity contribution < 1.29 is 14.3 Å². The predicted octanol–water partition coefficient (Wildman–Crippen LogP) is 5.64. The molecule has 1 aliphatic rings. The summed E-state index contributed by atoms with van der Waals surface area (Å²) in [6.07, 6.45) is 4.15. The fourth-order valence-electron chi connectivity index (χ4n) is 4.59. The number of carbonyl (C=O) groups is 2. The highest BCUT2D eigenvalue weighted by molar-refractivity contribution is 6.12. The third-order valence-corrected chi connectivity index (χ3v) is 6.29. The van der Waals surface area contributed by atoms with Gasteiger partial charge in [-0.25, -0.2) is 0 Å². The molecule has 3 aromatic carbocycles. The molecule has 6 heteroatoms.